The predicted octanol–water partition coefficient (Wildman–Crippen LogP) is 3.13. The molecule has 7 heteroatoms. The summed E-state index contributed by atoms with van der Waals surface area (Å²) in [4.78, 5) is 0.271. The molecule has 0 saturated carbocycles. The fraction of sp³-hybridized carbons (Fsp3) is 0.333. The van der Waals surface area contributed by atoms with E-state index in [2.05, 4.69) is 12.6 Å². The van der Waals surface area contributed by atoms with E-state index in [1.807, 2.05) is 13.0 Å². The zero-order valence-corrected chi connectivity index (χ0v) is 16.3. The molecule has 0 fully saturated rings. The Balaban J connectivity index is 2.36. The molecule has 0 amide bonds. The lowest BCUT2D eigenvalue weighted by Crippen LogP contribution is -2.32. The van der Waals surface area contributed by atoms with E-state index in [4.69, 9.17) is 9.47 Å². The maximum absolute atomic E-state index is 13.0. The highest BCUT2D eigenvalue weighted by Crippen LogP contribution is 2.27. The van der Waals surface area contributed by atoms with Crippen LogP contribution in [0.3, 0.4) is 0 Å². The lowest BCUT2D eigenvalue weighted by Gasteiger charge is -2.23. The second-order valence-corrected chi connectivity index (χ2v) is 7.94. The van der Waals surface area contributed by atoms with Gasteiger partial charge in [0.05, 0.1) is 19.1 Å². The smallest absolute Gasteiger partial charge is 0.243 e. The van der Waals surface area contributed by atoms with Gasteiger partial charge in [-0.05, 0) is 25.1 Å². The molecule has 2 rings (SSSR count). The number of ether oxygens (including phenoxy) is 2. The van der Waals surface area contributed by atoms with E-state index in [1.54, 1.807) is 50.6 Å². The van der Waals surface area contributed by atoms with Crippen LogP contribution < -0.4 is 9.47 Å². The highest BCUT2D eigenvalue weighted by atomic mass is 32.2. The van der Waals surface area contributed by atoms with Crippen LogP contribution in [0, 0.1) is 6.92 Å². The Morgan fingerprint density at radius 1 is 1.04 bits per heavy atom. The van der Waals surface area contributed by atoms with Gasteiger partial charge in [0.2, 0.25) is 10.0 Å². The predicted molar refractivity (Wildman–Crippen MR) is 102 cm³/mol. The summed E-state index contributed by atoms with van der Waals surface area (Å²) < 4.78 is 38.0. The summed E-state index contributed by atoms with van der Waals surface area (Å²) in [5, 5.41) is 0. The third-order valence-corrected chi connectivity index (χ3v) is 5.91. The Labute approximate surface area is 155 Å². The van der Waals surface area contributed by atoms with Gasteiger partial charge in [-0.25, -0.2) is 8.42 Å². The Kier molecular flexibility index (Phi) is 6.75. The van der Waals surface area contributed by atoms with Crippen LogP contribution in [-0.2, 0) is 16.6 Å². The lowest BCUT2D eigenvalue weighted by atomic mass is 10.2. The van der Waals surface area contributed by atoms with Gasteiger partial charge in [0.25, 0.3) is 0 Å². The van der Waals surface area contributed by atoms with Crippen molar-refractivity contribution in [2.24, 2.45) is 0 Å². The van der Waals surface area contributed by atoms with Crippen molar-refractivity contribution in [2.75, 3.05) is 26.5 Å². The Morgan fingerprint density at radius 2 is 1.72 bits per heavy atom. The number of rotatable bonds is 8. The normalized spacial score (nSPS) is 11.6. The molecular weight excluding hydrogens is 358 g/mol. The first-order chi connectivity index (χ1) is 11.9. The molecule has 0 atom stereocenters. The van der Waals surface area contributed by atoms with Crippen LogP contribution in [0.15, 0.2) is 47.4 Å². The molecule has 0 aliphatic carbocycles. The SMILES string of the molecule is COc1ccc(CN(CCS)S(=O)(=O)c2ccc(C)cc2)c(OC)c1. The topological polar surface area (TPSA) is 55.8 Å². The van der Waals surface area contributed by atoms with Crippen molar-refractivity contribution >= 4 is 22.7 Å². The minimum Gasteiger partial charge on any atom is -0.497 e. The Bertz CT molecular complexity index is 804. The van der Waals surface area contributed by atoms with Crippen LogP contribution in [0.4, 0.5) is 0 Å². The fourth-order valence-corrected chi connectivity index (χ4v) is 4.22. The third-order valence-electron chi connectivity index (χ3n) is 3.85. The molecular formula is C18H23NO4S2. The van der Waals surface area contributed by atoms with Crippen molar-refractivity contribution < 1.29 is 17.9 Å². The first-order valence-electron chi connectivity index (χ1n) is 7.81. The van der Waals surface area contributed by atoms with Gasteiger partial charge in [0.15, 0.2) is 0 Å². The molecule has 0 spiro atoms. The average Bonchev–Trinajstić information content (AvgIpc) is 2.61. The molecule has 0 heterocycles. The van der Waals surface area contributed by atoms with E-state index in [0.29, 0.717) is 23.8 Å². The summed E-state index contributed by atoms with van der Waals surface area (Å²) in [6, 6.07) is 12.2. The van der Waals surface area contributed by atoms with Crippen LogP contribution in [0.2, 0.25) is 0 Å². The van der Waals surface area contributed by atoms with Crippen LogP contribution in [0.5, 0.6) is 11.5 Å². The summed E-state index contributed by atoms with van der Waals surface area (Å²) in [6.45, 7) is 2.42. The summed E-state index contributed by atoms with van der Waals surface area (Å²) in [7, 11) is -0.497. The molecule has 0 bridgehead atoms. The molecule has 2 aromatic rings. The molecule has 25 heavy (non-hydrogen) atoms. The Morgan fingerprint density at radius 3 is 2.28 bits per heavy atom. The number of nitrogens with zero attached hydrogens (tertiary/aromatic N) is 1. The van der Waals surface area contributed by atoms with Gasteiger partial charge in [-0.3, -0.25) is 0 Å². The minimum absolute atomic E-state index is 0.198. The standard InChI is InChI=1S/C18H23NO4S2/c1-14-4-8-17(9-5-14)25(20,21)19(10-11-24)13-15-6-7-16(22-2)12-18(15)23-3/h4-9,12,24H,10-11,13H2,1-3H3. The summed E-state index contributed by atoms with van der Waals surface area (Å²) in [6.07, 6.45) is 0. The van der Waals surface area contributed by atoms with E-state index in [-0.39, 0.29) is 11.4 Å². The molecule has 0 aliphatic rings. The highest BCUT2D eigenvalue weighted by molar-refractivity contribution is 7.89. The largest absolute Gasteiger partial charge is 0.497 e. The van der Waals surface area contributed by atoms with Gasteiger partial charge in [0.1, 0.15) is 11.5 Å². The number of hydrogen-bond acceptors (Lipinski definition) is 5. The molecule has 0 N–H and O–H groups in total. The van der Waals surface area contributed by atoms with Crippen molar-refractivity contribution in [1.82, 2.24) is 4.31 Å². The molecule has 0 unspecified atom stereocenters. The second-order valence-electron chi connectivity index (χ2n) is 5.55. The molecule has 2 aromatic carbocycles. The molecule has 0 saturated heterocycles. The number of benzene rings is 2. The molecule has 0 aromatic heterocycles. The number of sulfonamides is 1. The number of aryl methyl sites for hydroxylation is 1. The van der Waals surface area contributed by atoms with E-state index < -0.39 is 10.0 Å². The van der Waals surface area contributed by atoms with Gasteiger partial charge >= 0.3 is 0 Å². The Hall–Kier alpha value is -1.70. The maximum atomic E-state index is 13.0. The quantitative estimate of drug-likeness (QED) is 0.714. The van der Waals surface area contributed by atoms with E-state index in [9.17, 15) is 8.42 Å². The summed E-state index contributed by atoms with van der Waals surface area (Å²) in [5.74, 6) is 1.66. The van der Waals surface area contributed by atoms with Crippen molar-refractivity contribution in [3.8, 4) is 11.5 Å². The molecule has 5 nitrogen and oxygen atoms in total. The van der Waals surface area contributed by atoms with E-state index in [1.165, 1.54) is 4.31 Å². The monoisotopic (exact) mass is 381 g/mol. The fourth-order valence-electron chi connectivity index (χ4n) is 2.43. The maximum Gasteiger partial charge on any atom is 0.243 e. The molecule has 0 radical (unpaired) electrons. The van der Waals surface area contributed by atoms with Gasteiger partial charge in [-0.15, -0.1) is 0 Å². The summed E-state index contributed by atoms with van der Waals surface area (Å²) >= 11 is 4.21. The summed E-state index contributed by atoms with van der Waals surface area (Å²) in [5.41, 5.74) is 1.78. The van der Waals surface area contributed by atoms with Crippen molar-refractivity contribution in [2.45, 2.75) is 18.4 Å². The van der Waals surface area contributed by atoms with Gasteiger partial charge < -0.3 is 9.47 Å². The van der Waals surface area contributed by atoms with Crippen LogP contribution in [0.1, 0.15) is 11.1 Å². The first kappa shape index (κ1) is 19.6. The minimum atomic E-state index is -3.62. The lowest BCUT2D eigenvalue weighted by molar-refractivity contribution is 0.377. The molecule has 0 aliphatic heterocycles. The number of thiol groups is 1. The zero-order chi connectivity index (χ0) is 18.4. The van der Waals surface area contributed by atoms with Crippen molar-refractivity contribution in [3.63, 3.8) is 0 Å². The van der Waals surface area contributed by atoms with Crippen molar-refractivity contribution in [1.29, 1.82) is 0 Å². The van der Waals surface area contributed by atoms with Crippen LogP contribution in [0.25, 0.3) is 0 Å². The second kappa shape index (κ2) is 8.60. The highest BCUT2D eigenvalue weighted by Gasteiger charge is 2.25. The van der Waals surface area contributed by atoms with E-state index in [0.717, 1.165) is 11.1 Å². The van der Waals surface area contributed by atoms with Gasteiger partial charge in [-0.1, -0.05) is 23.8 Å². The first-order valence-corrected chi connectivity index (χ1v) is 9.88. The third kappa shape index (κ3) is 4.68. The van der Waals surface area contributed by atoms with Crippen LogP contribution in [-0.4, -0.2) is 39.2 Å². The molecule has 136 valence electrons. The average molecular weight is 382 g/mol. The number of methoxy groups -OCH3 is 2. The van der Waals surface area contributed by atoms with Gasteiger partial charge in [0, 0.05) is 30.5 Å². The zero-order valence-electron chi connectivity index (χ0n) is 14.6. The van der Waals surface area contributed by atoms with Crippen LogP contribution >= 0.6 is 12.6 Å². The van der Waals surface area contributed by atoms with Crippen molar-refractivity contribution in [3.05, 3.63) is 53.6 Å². The van der Waals surface area contributed by atoms with E-state index >= 15 is 0 Å². The number of hydrogen-bond donors (Lipinski definition) is 1. The van der Waals surface area contributed by atoms with Gasteiger partial charge in [-0.2, -0.15) is 16.9 Å².